The summed E-state index contributed by atoms with van der Waals surface area (Å²) >= 11 is 0. The zero-order chi connectivity index (χ0) is 19.2. The van der Waals surface area contributed by atoms with Crippen LogP contribution in [0.1, 0.15) is 30.5 Å². The number of carbonyl (C=O) groups excluding carboxylic acids is 1. The Kier molecular flexibility index (Phi) is 5.91. The number of rotatable bonds is 7. The highest BCUT2D eigenvalue weighted by Crippen LogP contribution is 2.28. The fourth-order valence-corrected chi connectivity index (χ4v) is 3.07. The first kappa shape index (κ1) is 18.7. The van der Waals surface area contributed by atoms with Crippen LogP contribution in [0.3, 0.4) is 0 Å². The summed E-state index contributed by atoms with van der Waals surface area (Å²) in [5.74, 6) is 0.898. The van der Waals surface area contributed by atoms with E-state index in [1.807, 2.05) is 85.6 Å². The highest BCUT2D eigenvalue weighted by molar-refractivity contribution is 5.76. The number of hydrogen-bond acceptors (Lipinski definition) is 3. The van der Waals surface area contributed by atoms with Gasteiger partial charge in [-0.25, -0.2) is 4.68 Å². The number of aromatic nitrogens is 2. The van der Waals surface area contributed by atoms with Crippen molar-refractivity contribution < 1.29 is 9.53 Å². The molecule has 0 radical (unpaired) electrons. The molecule has 1 aromatic heterocycles. The third-order valence-corrected chi connectivity index (χ3v) is 4.85. The molecule has 0 spiro atoms. The first-order valence-corrected chi connectivity index (χ1v) is 9.07. The minimum Gasteiger partial charge on any atom is -0.496 e. The van der Waals surface area contributed by atoms with E-state index in [2.05, 4.69) is 5.10 Å². The second kappa shape index (κ2) is 8.54. The number of hydrogen-bond donors (Lipinski definition) is 0. The summed E-state index contributed by atoms with van der Waals surface area (Å²) in [5, 5.41) is 4.39. The molecule has 27 heavy (non-hydrogen) atoms. The van der Waals surface area contributed by atoms with Gasteiger partial charge in [-0.15, -0.1) is 0 Å². The molecule has 1 heterocycles. The molecule has 140 valence electrons. The van der Waals surface area contributed by atoms with Crippen LogP contribution in [0.5, 0.6) is 5.75 Å². The lowest BCUT2D eigenvalue weighted by Gasteiger charge is -2.26. The summed E-state index contributed by atoms with van der Waals surface area (Å²) < 4.78 is 7.26. The first-order chi connectivity index (χ1) is 13.1. The molecular formula is C22H25N3O2. The van der Waals surface area contributed by atoms with Gasteiger partial charge in [0.25, 0.3) is 0 Å². The molecule has 2 aromatic carbocycles. The van der Waals surface area contributed by atoms with Crippen molar-refractivity contribution in [1.82, 2.24) is 14.7 Å². The minimum absolute atomic E-state index is 0.0549. The van der Waals surface area contributed by atoms with Gasteiger partial charge < -0.3 is 9.64 Å². The summed E-state index contributed by atoms with van der Waals surface area (Å²) in [4.78, 5) is 14.4. The SMILES string of the molecule is COc1ccccc1C(C)N(C)C(=O)CCc1cnn(-c2ccccc2)c1. The number of para-hydroxylation sites is 2. The van der Waals surface area contributed by atoms with Crippen LogP contribution < -0.4 is 4.74 Å². The zero-order valence-corrected chi connectivity index (χ0v) is 16.0. The lowest BCUT2D eigenvalue weighted by Crippen LogP contribution is -2.30. The molecule has 0 saturated heterocycles. The molecule has 0 aliphatic heterocycles. The minimum atomic E-state index is -0.0549. The second-order valence-corrected chi connectivity index (χ2v) is 6.55. The van der Waals surface area contributed by atoms with Crippen LogP contribution in [0.15, 0.2) is 67.0 Å². The number of carbonyl (C=O) groups is 1. The Morgan fingerprint density at radius 1 is 1.15 bits per heavy atom. The van der Waals surface area contributed by atoms with Crippen molar-refractivity contribution in [2.75, 3.05) is 14.2 Å². The molecule has 0 aliphatic carbocycles. The van der Waals surface area contributed by atoms with Crippen LogP contribution in [-0.2, 0) is 11.2 Å². The normalized spacial score (nSPS) is 11.8. The summed E-state index contributed by atoms with van der Waals surface area (Å²) in [6, 6.07) is 17.7. The summed E-state index contributed by atoms with van der Waals surface area (Å²) in [6.07, 6.45) is 4.90. The molecule has 3 aromatic rings. The largest absolute Gasteiger partial charge is 0.496 e. The van der Waals surface area contributed by atoms with Crippen molar-refractivity contribution in [3.63, 3.8) is 0 Å². The van der Waals surface area contributed by atoms with Gasteiger partial charge in [0.2, 0.25) is 5.91 Å². The van der Waals surface area contributed by atoms with Gasteiger partial charge >= 0.3 is 0 Å². The second-order valence-electron chi connectivity index (χ2n) is 6.55. The number of benzene rings is 2. The molecule has 0 bridgehead atoms. The molecular weight excluding hydrogens is 338 g/mol. The first-order valence-electron chi connectivity index (χ1n) is 9.07. The Hall–Kier alpha value is -3.08. The maximum absolute atomic E-state index is 12.7. The van der Waals surface area contributed by atoms with E-state index in [1.165, 1.54) is 0 Å². The molecule has 1 amide bonds. The Morgan fingerprint density at radius 2 is 1.85 bits per heavy atom. The number of aryl methyl sites for hydroxylation is 1. The highest BCUT2D eigenvalue weighted by atomic mass is 16.5. The van der Waals surface area contributed by atoms with Crippen molar-refractivity contribution in [2.24, 2.45) is 0 Å². The summed E-state index contributed by atoms with van der Waals surface area (Å²) in [6.45, 7) is 2.02. The van der Waals surface area contributed by atoms with Crippen molar-refractivity contribution >= 4 is 5.91 Å². The van der Waals surface area contributed by atoms with E-state index in [-0.39, 0.29) is 11.9 Å². The van der Waals surface area contributed by atoms with Crippen LogP contribution in [0, 0.1) is 0 Å². The van der Waals surface area contributed by atoms with Crippen molar-refractivity contribution in [3.8, 4) is 11.4 Å². The maximum Gasteiger partial charge on any atom is 0.223 e. The van der Waals surface area contributed by atoms with E-state index in [4.69, 9.17) is 4.74 Å². The number of ether oxygens (including phenoxy) is 1. The van der Waals surface area contributed by atoms with Gasteiger partial charge in [-0.2, -0.15) is 5.10 Å². The molecule has 5 heteroatoms. The van der Waals surface area contributed by atoms with Gasteiger partial charge in [-0.1, -0.05) is 36.4 Å². The molecule has 0 aliphatic rings. The average Bonchev–Trinajstić information content (AvgIpc) is 3.20. The van der Waals surface area contributed by atoms with Gasteiger partial charge in [0.1, 0.15) is 5.75 Å². The van der Waals surface area contributed by atoms with E-state index in [0.717, 1.165) is 22.6 Å². The van der Waals surface area contributed by atoms with Gasteiger partial charge in [-0.05, 0) is 37.1 Å². The summed E-state index contributed by atoms with van der Waals surface area (Å²) in [5.41, 5.74) is 3.07. The highest BCUT2D eigenvalue weighted by Gasteiger charge is 2.20. The van der Waals surface area contributed by atoms with E-state index in [0.29, 0.717) is 12.8 Å². The Balaban J connectivity index is 1.61. The zero-order valence-electron chi connectivity index (χ0n) is 16.0. The van der Waals surface area contributed by atoms with Gasteiger partial charge in [-0.3, -0.25) is 4.79 Å². The number of amides is 1. The molecule has 0 N–H and O–H groups in total. The third-order valence-electron chi connectivity index (χ3n) is 4.85. The fourth-order valence-electron chi connectivity index (χ4n) is 3.07. The van der Waals surface area contributed by atoms with Crippen LogP contribution in [0.2, 0.25) is 0 Å². The van der Waals surface area contributed by atoms with Crippen molar-refractivity contribution in [2.45, 2.75) is 25.8 Å². The van der Waals surface area contributed by atoms with Crippen molar-refractivity contribution in [1.29, 1.82) is 0 Å². The molecule has 1 unspecified atom stereocenters. The predicted molar refractivity (Wildman–Crippen MR) is 106 cm³/mol. The van der Waals surface area contributed by atoms with Gasteiger partial charge in [0, 0.05) is 25.2 Å². The Morgan fingerprint density at radius 3 is 2.59 bits per heavy atom. The van der Waals surface area contributed by atoms with E-state index in [9.17, 15) is 4.79 Å². The lowest BCUT2D eigenvalue weighted by atomic mass is 10.1. The number of nitrogens with zero attached hydrogens (tertiary/aromatic N) is 3. The van der Waals surface area contributed by atoms with Crippen LogP contribution >= 0.6 is 0 Å². The van der Waals surface area contributed by atoms with Gasteiger partial charge in [0.05, 0.1) is 25.0 Å². The molecule has 0 saturated carbocycles. The molecule has 3 rings (SSSR count). The lowest BCUT2D eigenvalue weighted by molar-refractivity contribution is -0.131. The van der Waals surface area contributed by atoms with Crippen molar-refractivity contribution in [3.05, 3.63) is 78.1 Å². The smallest absolute Gasteiger partial charge is 0.223 e. The van der Waals surface area contributed by atoms with E-state index < -0.39 is 0 Å². The van der Waals surface area contributed by atoms with E-state index >= 15 is 0 Å². The standard InChI is InChI=1S/C22H25N3O2/c1-17(20-11-7-8-12-21(20)27-3)24(2)22(26)14-13-18-15-23-25(16-18)19-9-5-4-6-10-19/h4-12,15-17H,13-14H2,1-3H3. The van der Waals surface area contributed by atoms with E-state index in [1.54, 1.807) is 12.0 Å². The van der Waals surface area contributed by atoms with Crippen LogP contribution in [0.25, 0.3) is 5.69 Å². The molecule has 5 nitrogen and oxygen atoms in total. The van der Waals surface area contributed by atoms with Crippen LogP contribution in [0.4, 0.5) is 0 Å². The Bertz CT molecular complexity index is 889. The predicted octanol–water partition coefficient (Wildman–Crippen LogP) is 4.03. The number of methoxy groups -OCH3 is 1. The van der Waals surface area contributed by atoms with Crippen LogP contribution in [-0.4, -0.2) is 34.7 Å². The molecule has 1 atom stereocenters. The summed E-state index contributed by atoms with van der Waals surface area (Å²) in [7, 11) is 3.49. The average molecular weight is 363 g/mol. The molecule has 0 fully saturated rings. The quantitative estimate of drug-likeness (QED) is 0.637. The van der Waals surface area contributed by atoms with Gasteiger partial charge in [0.15, 0.2) is 0 Å². The topological polar surface area (TPSA) is 47.4 Å². The monoisotopic (exact) mass is 363 g/mol. The Labute approximate surface area is 160 Å². The maximum atomic E-state index is 12.7. The fraction of sp³-hybridized carbons (Fsp3) is 0.273. The third kappa shape index (κ3) is 4.37.